The molecule has 0 aliphatic rings. The molecule has 0 heterocycles. The quantitative estimate of drug-likeness (QED) is 0.326. The van der Waals surface area contributed by atoms with Crippen molar-refractivity contribution in [2.75, 3.05) is 20.3 Å². The van der Waals surface area contributed by atoms with Gasteiger partial charge < -0.3 is 16.4 Å². The van der Waals surface area contributed by atoms with E-state index < -0.39 is 0 Å². The monoisotopic (exact) mass is 131 g/mol. The first-order valence-electron chi connectivity index (χ1n) is 2.92. The lowest BCUT2D eigenvalue weighted by Crippen LogP contribution is -2.28. The molecule has 4 N–H and O–H groups in total. The van der Waals surface area contributed by atoms with Gasteiger partial charge in [0.15, 0.2) is 0 Å². The average molecular weight is 131 g/mol. The molecule has 54 valence electrons. The number of carbonyl (C=O) groups is 1. The van der Waals surface area contributed by atoms with Gasteiger partial charge in [-0.3, -0.25) is 4.79 Å². The minimum absolute atomic E-state index is 0.0379. The SMILES string of the molecule is CNC(=O)CCNCN. The first kappa shape index (κ1) is 8.39. The molecule has 0 saturated carbocycles. The van der Waals surface area contributed by atoms with Gasteiger partial charge in [0.2, 0.25) is 5.91 Å². The van der Waals surface area contributed by atoms with Gasteiger partial charge in [-0.15, -0.1) is 0 Å². The number of nitrogens with one attached hydrogen (secondary N) is 2. The van der Waals surface area contributed by atoms with Crippen LogP contribution in [0.2, 0.25) is 0 Å². The lowest BCUT2D eigenvalue weighted by molar-refractivity contribution is -0.120. The van der Waals surface area contributed by atoms with Crippen molar-refractivity contribution in [2.45, 2.75) is 6.42 Å². The van der Waals surface area contributed by atoms with Gasteiger partial charge in [0.25, 0.3) is 0 Å². The van der Waals surface area contributed by atoms with Crippen LogP contribution in [0.1, 0.15) is 6.42 Å². The van der Waals surface area contributed by atoms with Crippen molar-refractivity contribution in [3.63, 3.8) is 0 Å². The van der Waals surface area contributed by atoms with Crippen molar-refractivity contribution >= 4 is 5.91 Å². The molecule has 0 bridgehead atoms. The molecular formula is C5H13N3O. The third-order valence-electron chi connectivity index (χ3n) is 0.952. The molecule has 0 aliphatic carbocycles. The van der Waals surface area contributed by atoms with Gasteiger partial charge in [0.1, 0.15) is 0 Å². The second-order valence-electron chi connectivity index (χ2n) is 1.63. The van der Waals surface area contributed by atoms with Crippen LogP contribution in [0, 0.1) is 0 Å². The third-order valence-corrected chi connectivity index (χ3v) is 0.952. The summed E-state index contributed by atoms with van der Waals surface area (Å²) in [4.78, 5) is 10.5. The maximum atomic E-state index is 10.5. The standard InChI is InChI=1S/C5H13N3O/c1-7-5(9)2-3-8-4-6/h8H,2-4,6H2,1H3,(H,7,9). The number of rotatable bonds is 4. The van der Waals surface area contributed by atoms with E-state index in [4.69, 9.17) is 5.73 Å². The van der Waals surface area contributed by atoms with Gasteiger partial charge in [-0.25, -0.2) is 0 Å². The summed E-state index contributed by atoms with van der Waals surface area (Å²) in [7, 11) is 1.62. The first-order valence-corrected chi connectivity index (χ1v) is 2.92. The van der Waals surface area contributed by atoms with Crippen molar-refractivity contribution in [3.8, 4) is 0 Å². The molecular weight excluding hydrogens is 118 g/mol. The van der Waals surface area contributed by atoms with Crippen LogP contribution < -0.4 is 16.4 Å². The van der Waals surface area contributed by atoms with E-state index in [0.717, 1.165) is 0 Å². The van der Waals surface area contributed by atoms with E-state index in [9.17, 15) is 4.79 Å². The molecule has 0 unspecified atom stereocenters. The van der Waals surface area contributed by atoms with Gasteiger partial charge >= 0.3 is 0 Å². The van der Waals surface area contributed by atoms with Crippen LogP contribution in [0.4, 0.5) is 0 Å². The zero-order chi connectivity index (χ0) is 7.11. The van der Waals surface area contributed by atoms with Gasteiger partial charge in [-0.1, -0.05) is 0 Å². The Bertz CT molecular complexity index is 84.3. The third kappa shape index (κ3) is 5.26. The van der Waals surface area contributed by atoms with E-state index in [1.165, 1.54) is 0 Å². The van der Waals surface area contributed by atoms with Crippen LogP contribution in [0.5, 0.6) is 0 Å². The molecule has 0 rings (SSSR count). The predicted octanol–water partition coefficient (Wildman–Crippen LogP) is -1.37. The molecule has 0 atom stereocenters. The Hall–Kier alpha value is -0.610. The van der Waals surface area contributed by atoms with Crippen molar-refractivity contribution in [1.29, 1.82) is 0 Å². The molecule has 0 radical (unpaired) electrons. The molecule has 0 aromatic carbocycles. The van der Waals surface area contributed by atoms with Crippen molar-refractivity contribution in [1.82, 2.24) is 10.6 Å². The predicted molar refractivity (Wildman–Crippen MR) is 35.7 cm³/mol. The summed E-state index contributed by atoms with van der Waals surface area (Å²) in [5, 5.41) is 5.33. The molecule has 0 spiro atoms. The summed E-state index contributed by atoms with van der Waals surface area (Å²) in [6, 6.07) is 0. The van der Waals surface area contributed by atoms with E-state index in [-0.39, 0.29) is 5.91 Å². The number of carbonyl (C=O) groups excluding carboxylic acids is 1. The van der Waals surface area contributed by atoms with Crippen LogP contribution in [-0.2, 0) is 4.79 Å². The Kier molecular flexibility index (Phi) is 5.15. The molecule has 1 amide bonds. The fourth-order valence-electron chi connectivity index (χ4n) is 0.429. The summed E-state index contributed by atoms with van der Waals surface area (Å²) < 4.78 is 0. The second-order valence-corrected chi connectivity index (χ2v) is 1.63. The Morgan fingerprint density at radius 1 is 1.67 bits per heavy atom. The molecule has 0 fully saturated rings. The van der Waals surface area contributed by atoms with E-state index >= 15 is 0 Å². The highest BCUT2D eigenvalue weighted by atomic mass is 16.1. The zero-order valence-corrected chi connectivity index (χ0v) is 5.61. The smallest absolute Gasteiger partial charge is 0.221 e. The zero-order valence-electron chi connectivity index (χ0n) is 5.61. The summed E-state index contributed by atoms with van der Waals surface area (Å²) in [5.41, 5.74) is 5.11. The highest BCUT2D eigenvalue weighted by molar-refractivity contribution is 5.75. The average Bonchev–Trinajstić information content (AvgIpc) is 1.89. The molecule has 4 nitrogen and oxygen atoms in total. The Balaban J connectivity index is 2.97. The molecule has 0 aromatic rings. The van der Waals surface area contributed by atoms with Crippen LogP contribution in [-0.4, -0.2) is 26.2 Å². The number of nitrogens with two attached hydrogens (primary N) is 1. The van der Waals surface area contributed by atoms with E-state index in [1.54, 1.807) is 7.05 Å². The molecule has 0 aromatic heterocycles. The summed E-state index contributed by atoms with van der Waals surface area (Å²) in [6.07, 6.45) is 0.494. The minimum Gasteiger partial charge on any atom is -0.359 e. The number of hydrogen-bond donors (Lipinski definition) is 3. The summed E-state index contributed by atoms with van der Waals surface area (Å²) in [6.45, 7) is 1.08. The van der Waals surface area contributed by atoms with E-state index in [2.05, 4.69) is 10.6 Å². The van der Waals surface area contributed by atoms with Gasteiger partial charge in [0, 0.05) is 26.7 Å². The molecule has 9 heavy (non-hydrogen) atoms. The Labute approximate surface area is 54.8 Å². The maximum absolute atomic E-state index is 10.5. The fraction of sp³-hybridized carbons (Fsp3) is 0.800. The summed E-state index contributed by atoms with van der Waals surface area (Å²) in [5.74, 6) is 0.0379. The van der Waals surface area contributed by atoms with Crippen LogP contribution in [0.3, 0.4) is 0 Å². The largest absolute Gasteiger partial charge is 0.359 e. The maximum Gasteiger partial charge on any atom is 0.221 e. The molecule has 0 aliphatic heterocycles. The van der Waals surface area contributed by atoms with Crippen LogP contribution >= 0.6 is 0 Å². The lowest BCUT2D eigenvalue weighted by atomic mass is 10.4. The summed E-state index contributed by atoms with van der Waals surface area (Å²) >= 11 is 0. The molecule has 4 heteroatoms. The van der Waals surface area contributed by atoms with E-state index in [1.807, 2.05) is 0 Å². The van der Waals surface area contributed by atoms with Gasteiger partial charge in [0.05, 0.1) is 0 Å². The van der Waals surface area contributed by atoms with Gasteiger partial charge in [-0.05, 0) is 0 Å². The first-order chi connectivity index (χ1) is 4.31. The molecule has 0 saturated heterocycles. The number of hydrogen-bond acceptors (Lipinski definition) is 3. The Morgan fingerprint density at radius 2 is 2.33 bits per heavy atom. The normalized spacial score (nSPS) is 9.11. The highest BCUT2D eigenvalue weighted by Gasteiger charge is 1.93. The minimum atomic E-state index is 0.0379. The van der Waals surface area contributed by atoms with E-state index in [0.29, 0.717) is 19.6 Å². The Morgan fingerprint density at radius 3 is 2.78 bits per heavy atom. The van der Waals surface area contributed by atoms with Crippen molar-refractivity contribution < 1.29 is 4.79 Å². The number of amides is 1. The second kappa shape index (κ2) is 5.53. The van der Waals surface area contributed by atoms with Crippen LogP contribution in [0.15, 0.2) is 0 Å². The lowest BCUT2D eigenvalue weighted by Gasteiger charge is -1.98. The van der Waals surface area contributed by atoms with Crippen molar-refractivity contribution in [2.24, 2.45) is 5.73 Å². The van der Waals surface area contributed by atoms with Crippen LogP contribution in [0.25, 0.3) is 0 Å². The highest BCUT2D eigenvalue weighted by Crippen LogP contribution is 1.72. The van der Waals surface area contributed by atoms with Gasteiger partial charge in [-0.2, -0.15) is 0 Å². The van der Waals surface area contributed by atoms with Crippen molar-refractivity contribution in [3.05, 3.63) is 0 Å². The fourth-order valence-corrected chi connectivity index (χ4v) is 0.429. The topological polar surface area (TPSA) is 67.2 Å².